The van der Waals surface area contributed by atoms with Gasteiger partial charge in [-0.2, -0.15) is 5.26 Å². The van der Waals surface area contributed by atoms with Gasteiger partial charge in [0.1, 0.15) is 67.6 Å². The summed E-state index contributed by atoms with van der Waals surface area (Å²) in [4.78, 5) is 181. The van der Waals surface area contributed by atoms with Crippen LogP contribution in [0.2, 0.25) is 0 Å². The number of nitrogens with zero attached hydrogens (tertiary/aromatic N) is 4. The van der Waals surface area contributed by atoms with Crippen molar-refractivity contribution in [3.05, 3.63) is 205 Å². The Morgan fingerprint density at radius 3 is 1.14 bits per heavy atom. The van der Waals surface area contributed by atoms with Gasteiger partial charge in [0.2, 0.25) is 7.37 Å². The minimum absolute atomic E-state index is 0. The largest absolute Gasteiger partial charge is 0.458 e. The summed E-state index contributed by atoms with van der Waals surface area (Å²) in [5, 5.41) is 35.5. The van der Waals surface area contributed by atoms with E-state index in [1.54, 1.807) is 65.8 Å². The molecule has 0 aromatic carbocycles. The van der Waals surface area contributed by atoms with Crippen molar-refractivity contribution in [2.75, 3.05) is 32.7 Å². The molecule has 16 rings (SSSR count). The summed E-state index contributed by atoms with van der Waals surface area (Å²) in [6.45, 7) is 21.7. The molecule has 4 saturated heterocycles. The van der Waals surface area contributed by atoms with E-state index in [4.69, 9.17) is 76.6 Å². The number of aliphatic hydroxyl groups excluding tert-OH is 3. The van der Waals surface area contributed by atoms with Gasteiger partial charge >= 0.3 is 75.4 Å². The minimum atomic E-state index is -4.33. The van der Waals surface area contributed by atoms with E-state index in [-0.39, 0.29) is 71.4 Å². The van der Waals surface area contributed by atoms with Crippen LogP contribution < -0.4 is 45.0 Å². The Morgan fingerprint density at radius 1 is 0.459 bits per heavy atom. The fourth-order valence-corrected chi connectivity index (χ4v) is 21.2. The van der Waals surface area contributed by atoms with Gasteiger partial charge in [-0.3, -0.25) is 94.8 Å². The number of fused-ring (bicyclic) bond motifs is 4. The maximum Gasteiger partial charge on any atom is 0.350 e. The van der Waals surface area contributed by atoms with Crippen molar-refractivity contribution in [2.45, 2.75) is 290 Å². The zero-order chi connectivity index (χ0) is 98.5. The quantitative estimate of drug-likeness (QED) is 0.00868. The van der Waals surface area contributed by atoms with Crippen LogP contribution in [0.3, 0.4) is 0 Å². The summed E-state index contributed by atoms with van der Waals surface area (Å²) < 4.78 is 127. The first-order valence-corrected chi connectivity index (χ1v) is 49.4. The van der Waals surface area contributed by atoms with Crippen LogP contribution in [0.25, 0.3) is 0 Å². The molecule has 11 unspecified atom stereocenters. The lowest BCUT2D eigenvalue weighted by Crippen LogP contribution is -2.36. The Bertz CT molecular complexity index is 5500. The highest BCUT2D eigenvalue weighted by atomic mass is 31.3. The second-order valence-corrected chi connectivity index (χ2v) is 41.6. The molecule has 0 bridgehead atoms. The van der Waals surface area contributed by atoms with Crippen molar-refractivity contribution in [2.24, 2.45) is 5.92 Å². The molecule has 0 radical (unpaired) electrons. The monoisotopic (exact) mass is 2000 g/mol. The van der Waals surface area contributed by atoms with Crippen LogP contribution in [-0.2, 0) is 113 Å². The molecule has 8 aliphatic carbocycles. The summed E-state index contributed by atoms with van der Waals surface area (Å²) in [6.07, 6.45) is 27.7. The number of allylic oxidation sites excluding steroid dienone is 6. The van der Waals surface area contributed by atoms with Gasteiger partial charge in [0.25, 0.3) is 22.2 Å². The third-order valence-corrected chi connectivity index (χ3v) is 26.0. The van der Waals surface area contributed by atoms with Crippen molar-refractivity contribution in [1.29, 1.82) is 0 Å². The highest BCUT2D eigenvalue weighted by Gasteiger charge is 2.58. The normalized spacial score (nSPS) is 29.2. The molecule has 7 fully saturated rings. The van der Waals surface area contributed by atoms with E-state index in [1.165, 1.54) is 95.0 Å². The SMILES string of the molecule is C.C.C.C1=CC2OC2C1.C1=CCC=C1.CC(=O)OC(C)=O.CC(=O)OO.CC(=O)O[C@H]1C=C[C@@H](C)C1.CC(=O)O[C@H]1C=C[C@@H](O)C1.CC1(C)OC2C(O1)[C@@H](O)C[C@H]2n1ccc(=O)[nH]c1=O.CC1(C)OC2C(O1)[C@H](n1ccc(=O)[nH]c1=O)C[C@@H]2OCP(=O)(O)O.CC1(C)OC2C(O1)[C@H](n1ccc(=O)[nH]c1=O)C[C@@H]2OCP(C)(=O)OP(C)(=O)OP(C)(=O)O.O=c1ccn([C@H]2C=C[C@@H](O)C2)c(=O)[nH]1. The number of rotatable bonds is 16. The molecule has 11 N–H and O–H groups in total. The van der Waals surface area contributed by atoms with Crippen LogP contribution in [0.5, 0.6) is 0 Å². The molecule has 23 atom stereocenters. The lowest BCUT2D eigenvalue weighted by molar-refractivity contribution is -0.231. The van der Waals surface area contributed by atoms with E-state index in [2.05, 4.69) is 83.3 Å². The standard InChI is InChI=1S/C16H27N2O11P3.C13H19N2O8P.C12H16N2O5.C9H10N2O3.C8H12O2.C7H10O3.C5H6O.C5H6.C4H6O3.C2H4O3.3CH4/c1-16(2)26-13-10(18-7-6-12(19)17-15(18)20)8-11(14(13)27-16)25-9-30(3,21)28-32(5,24)29-31(4,22)23;1-13(2)22-10-7(15-4-3-9(16)14-12(15)17)5-8(11(10)23-13)21-6-24(18,19)20;1-12(2)18-9-6(5-7(15)10(9)19-12)14-4-3-8(16)13-11(14)17;12-7-2-1-6(5-7)11-4-3-8(13)10-9(11)14;1-6-3-4-8(5-6)10-7(2)9;1-5(8)10-7-3-2-6(9)4-7;1-2-4-5(3-1)6-4;1-2-4-5-3-1;1-3(5)7-4(2)6;1-2(3)5-4;;;/h6-7,10-11,13-14H,8-9H2,1-5H3,(H,22,23)(H,17,19,20);3-4,7-8,10-11H,5-6H2,1-2H3,(H,14,16,17)(H2,18,19,20);3-4,6-7,9-10,15H,5H2,1-2H3,(H,13,16,17);1-4,6-7,12H,5H2,(H,10,13,14);3-4,6,8H,5H2,1-2H3;2-3,6-7,9H,4H2,1H3;1-2,4-5H,3H2;1-4H,5H2;1-2H3;4H,1H3;3*1H4/t10-,11+,13?,14?,30?,32?;7-,8+,10?,11?;6-,7+,9?,10?;6-,7+;6-,8+;6-,7+;;;;;;;/m111011......./s1. The molecule has 3 saturated carbocycles. The van der Waals surface area contributed by atoms with E-state index < -0.39 is 202 Å². The number of ether oxygens (including phenoxy) is 12. The Balaban J connectivity index is 0.000000331. The molecule has 135 heavy (non-hydrogen) atoms. The number of H-pyrrole nitrogens is 4. The molecule has 51 heteroatoms. The summed E-state index contributed by atoms with van der Waals surface area (Å²) in [5.74, 6) is -4.41. The first-order chi connectivity index (χ1) is 61.3. The van der Waals surface area contributed by atoms with Crippen LogP contribution in [-0.4, -0.2) is 245 Å². The molecule has 4 aromatic rings. The highest BCUT2D eigenvalue weighted by molar-refractivity contribution is 7.73. The van der Waals surface area contributed by atoms with E-state index >= 15 is 0 Å². The van der Waals surface area contributed by atoms with Crippen LogP contribution in [0.4, 0.5) is 0 Å². The Labute approximate surface area is 776 Å². The molecule has 47 nitrogen and oxygen atoms in total. The molecular weight excluding hydrogens is 1870 g/mol. The number of hydrogen-bond donors (Lipinski definition) is 11. The lowest BCUT2D eigenvalue weighted by atomic mass is 10.1. The number of hydrogen-bond acceptors (Lipinski definition) is 36. The molecule has 4 aliphatic heterocycles. The second kappa shape index (κ2) is 51.5. The fourth-order valence-electron chi connectivity index (χ4n) is 15.1. The first kappa shape index (κ1) is 118. The number of nitrogens with one attached hydrogen (secondary N) is 4. The van der Waals surface area contributed by atoms with E-state index in [9.17, 15) is 95.7 Å². The number of aliphatic hydroxyl groups is 3. The van der Waals surface area contributed by atoms with Gasteiger partial charge in [0.15, 0.2) is 17.4 Å². The lowest BCUT2D eigenvalue weighted by Gasteiger charge is -2.25. The van der Waals surface area contributed by atoms with Gasteiger partial charge in [0, 0.05) is 117 Å². The fraction of sp³-hybridized carbons (Fsp3) is 0.607. The molecule has 758 valence electrons. The van der Waals surface area contributed by atoms with Crippen molar-refractivity contribution >= 4 is 60.0 Å². The maximum absolute atomic E-state index is 12.8. The summed E-state index contributed by atoms with van der Waals surface area (Å²) in [6, 6.07) is 3.49. The molecular formula is C84H128N8O39P4. The number of esters is 4. The van der Waals surface area contributed by atoms with Crippen molar-refractivity contribution in [1.82, 2.24) is 38.2 Å². The summed E-state index contributed by atoms with van der Waals surface area (Å²) in [7, 11) is -16.3. The Kier molecular flexibility index (Phi) is 45.1. The molecule has 0 amide bonds. The number of carbonyl (C=O) groups is 5. The smallest absolute Gasteiger partial charge is 0.350 e. The number of aromatic nitrogens is 8. The Hall–Kier alpha value is -9.09. The van der Waals surface area contributed by atoms with E-state index in [0.717, 1.165) is 46.2 Å². The summed E-state index contributed by atoms with van der Waals surface area (Å²) in [5.41, 5.74) is -4.04. The topological polar surface area (TPSA) is 656 Å². The zero-order valence-corrected chi connectivity index (χ0v) is 78.5. The second-order valence-electron chi connectivity index (χ2n) is 33.2. The number of epoxide rings is 1. The number of aromatic amines is 4. The summed E-state index contributed by atoms with van der Waals surface area (Å²) >= 11 is 0. The van der Waals surface area contributed by atoms with Crippen LogP contribution in [0, 0.1) is 5.92 Å². The highest BCUT2D eigenvalue weighted by Crippen LogP contribution is 2.67. The molecule has 8 heterocycles. The van der Waals surface area contributed by atoms with Crippen molar-refractivity contribution in [3.8, 4) is 0 Å². The van der Waals surface area contributed by atoms with Gasteiger partial charge in [-0.15, -0.1) is 0 Å². The average molecular weight is 2000 g/mol. The number of carbonyl (C=O) groups excluding carboxylic acids is 5. The third-order valence-electron chi connectivity index (χ3n) is 19.9. The Morgan fingerprint density at radius 2 is 0.837 bits per heavy atom. The van der Waals surface area contributed by atoms with Gasteiger partial charge in [0.05, 0.1) is 60.8 Å². The molecule has 4 aromatic heterocycles. The maximum atomic E-state index is 12.8. The molecule has 12 aliphatic rings. The van der Waals surface area contributed by atoms with Gasteiger partial charge < -0.3 is 91.7 Å². The van der Waals surface area contributed by atoms with Gasteiger partial charge in [-0.1, -0.05) is 90.0 Å². The van der Waals surface area contributed by atoms with Crippen LogP contribution in [0.15, 0.2) is 160 Å². The molecule has 0 spiro atoms. The average Bonchev–Trinajstić information content (AvgIpc) is 1.61. The first-order valence-electron chi connectivity index (χ1n) is 41.4. The van der Waals surface area contributed by atoms with Crippen LogP contribution >= 0.6 is 30.2 Å². The van der Waals surface area contributed by atoms with E-state index in [0.29, 0.717) is 37.4 Å². The van der Waals surface area contributed by atoms with E-state index in [1.807, 2.05) is 6.08 Å². The van der Waals surface area contributed by atoms with Crippen LogP contribution in [0.1, 0.15) is 181 Å². The zero-order valence-electron chi connectivity index (χ0n) is 74.9. The predicted molar refractivity (Wildman–Crippen MR) is 485 cm³/mol. The minimum Gasteiger partial charge on any atom is -0.458 e. The predicted octanol–water partition coefficient (Wildman–Crippen LogP) is 6.20. The van der Waals surface area contributed by atoms with Crippen molar-refractivity contribution in [3.63, 3.8) is 0 Å². The van der Waals surface area contributed by atoms with Gasteiger partial charge in [-0.05, 0) is 98.1 Å². The van der Waals surface area contributed by atoms with Gasteiger partial charge in [-0.25, -0.2) is 32.6 Å². The van der Waals surface area contributed by atoms with Crippen molar-refractivity contribution < 1.29 is 148 Å². The third kappa shape index (κ3) is 39.4.